The van der Waals surface area contributed by atoms with E-state index in [1.165, 1.54) is 51.5 Å². The lowest BCUT2D eigenvalue weighted by Gasteiger charge is -2.23. The van der Waals surface area contributed by atoms with Crippen molar-refractivity contribution in [2.24, 2.45) is 23.3 Å². The van der Waals surface area contributed by atoms with Crippen molar-refractivity contribution in [3.05, 3.63) is 40.9 Å². The number of rotatable bonds is 8. The van der Waals surface area contributed by atoms with E-state index in [0.29, 0.717) is 5.92 Å². The van der Waals surface area contributed by atoms with Gasteiger partial charge in [0.15, 0.2) is 0 Å². The summed E-state index contributed by atoms with van der Waals surface area (Å²) in [6.07, 6.45) is 11.7. The van der Waals surface area contributed by atoms with Crippen molar-refractivity contribution in [2.45, 2.75) is 72.1 Å². The second-order valence-corrected chi connectivity index (χ2v) is 9.56. The molecule has 3 amide bonds. The number of carbonyl (C=O) groups excluding carboxylic acids is 3. The van der Waals surface area contributed by atoms with Crippen molar-refractivity contribution in [2.75, 3.05) is 6.54 Å². The number of benzene rings is 1. The van der Waals surface area contributed by atoms with Gasteiger partial charge in [0, 0.05) is 18.5 Å². The Morgan fingerprint density at radius 1 is 1.27 bits per heavy atom. The number of thiazole rings is 1. The lowest BCUT2D eigenvalue weighted by atomic mass is 9.87. The Balaban J connectivity index is 0. The maximum atomic E-state index is 11.5. The molecule has 1 aromatic heterocycles. The van der Waals surface area contributed by atoms with Crippen LogP contribution in [-0.4, -0.2) is 30.3 Å². The van der Waals surface area contributed by atoms with Crippen molar-refractivity contribution >= 4 is 51.9 Å². The minimum atomic E-state index is -0.0763. The number of hydrogen-bond acceptors (Lipinski definition) is 6. The van der Waals surface area contributed by atoms with Gasteiger partial charge in [0.1, 0.15) is 0 Å². The van der Waals surface area contributed by atoms with Crippen molar-refractivity contribution in [3.63, 3.8) is 0 Å². The summed E-state index contributed by atoms with van der Waals surface area (Å²) in [5.41, 5.74) is 9.36. The molecule has 0 saturated heterocycles. The van der Waals surface area contributed by atoms with E-state index in [1.807, 2.05) is 18.2 Å². The van der Waals surface area contributed by atoms with E-state index in [1.54, 1.807) is 17.4 Å². The van der Waals surface area contributed by atoms with Crippen LogP contribution in [0.15, 0.2) is 30.9 Å². The first-order chi connectivity index (χ1) is 17.8. The van der Waals surface area contributed by atoms with Gasteiger partial charge in [-0.2, -0.15) is 5.26 Å². The summed E-state index contributed by atoms with van der Waals surface area (Å²) >= 11 is 7.78. The molecule has 1 unspecified atom stereocenters. The van der Waals surface area contributed by atoms with Gasteiger partial charge in [-0.25, -0.2) is 4.98 Å². The summed E-state index contributed by atoms with van der Waals surface area (Å²) < 4.78 is 1.15. The van der Waals surface area contributed by atoms with E-state index in [4.69, 9.17) is 31.4 Å². The Morgan fingerprint density at radius 3 is 2.30 bits per heavy atom. The fraction of sp³-hybridized carbons (Fsp3) is 0.519. The standard InChI is InChI=1S/C19H23ClN2OS.C4H10.C2H3N.2CH3NO/c1-2-18(23)21-12-14(13-5-3-4-6-13)7-10-19-22-16-9-8-15(20)11-17(16)24-19;1-3-4-2;1-2-3;2*2-1-3/h2,8-9,11,13-14H,1,3-7,10,12H2,(H,21,23);3-4H2,1-2H3;1H3;2*1H,(H2,2,3). The van der Waals surface area contributed by atoms with Crippen LogP contribution >= 0.6 is 22.9 Å². The van der Waals surface area contributed by atoms with Crippen LogP contribution in [-0.2, 0) is 20.8 Å². The topological polar surface area (TPSA) is 152 Å². The van der Waals surface area contributed by atoms with Crippen LogP contribution in [0.5, 0.6) is 0 Å². The van der Waals surface area contributed by atoms with Crippen molar-refractivity contribution in [3.8, 4) is 6.07 Å². The minimum Gasteiger partial charge on any atom is -0.372 e. The third-order valence-corrected chi connectivity index (χ3v) is 6.73. The summed E-state index contributed by atoms with van der Waals surface area (Å²) in [5.74, 6) is 1.17. The molecule has 1 saturated carbocycles. The third kappa shape index (κ3) is 18.0. The molecule has 5 N–H and O–H groups in total. The molecule has 10 heteroatoms. The predicted octanol–water partition coefficient (Wildman–Crippen LogP) is 5.53. The van der Waals surface area contributed by atoms with E-state index in [2.05, 4.69) is 37.2 Å². The largest absolute Gasteiger partial charge is 0.372 e. The molecule has 1 aliphatic carbocycles. The van der Waals surface area contributed by atoms with Gasteiger partial charge < -0.3 is 16.8 Å². The number of nitriles is 1. The molecule has 0 radical (unpaired) electrons. The van der Waals surface area contributed by atoms with Crippen LogP contribution in [0, 0.1) is 23.2 Å². The van der Waals surface area contributed by atoms with Crippen LogP contribution in [0.4, 0.5) is 0 Å². The number of halogens is 1. The first-order valence-electron chi connectivity index (χ1n) is 12.4. The SMILES string of the molecule is C=CC(=O)NCC(CCc1nc2ccc(Cl)cc2s1)C1CCCC1.CC#N.CCCC.NC=O.NC=O. The average molecular weight is 552 g/mol. The number of nitrogens with one attached hydrogen (secondary N) is 1. The molecular weight excluding hydrogens is 510 g/mol. The second kappa shape index (κ2) is 24.7. The summed E-state index contributed by atoms with van der Waals surface area (Å²) in [6, 6.07) is 7.60. The number of amides is 3. The predicted molar refractivity (Wildman–Crippen MR) is 154 cm³/mol. The fourth-order valence-corrected chi connectivity index (χ4v) is 4.86. The number of primary amides is 2. The first kappa shape index (κ1) is 36.2. The number of nitrogens with two attached hydrogens (primary N) is 2. The van der Waals surface area contributed by atoms with E-state index in [-0.39, 0.29) is 18.7 Å². The molecule has 0 aliphatic heterocycles. The zero-order chi connectivity index (χ0) is 28.5. The van der Waals surface area contributed by atoms with Crippen LogP contribution in [0.1, 0.15) is 70.7 Å². The van der Waals surface area contributed by atoms with Crippen molar-refractivity contribution in [1.29, 1.82) is 5.26 Å². The number of carbonyl (C=O) groups is 3. The van der Waals surface area contributed by atoms with Gasteiger partial charge in [-0.3, -0.25) is 14.4 Å². The number of hydrogen-bond donors (Lipinski definition) is 3. The molecule has 1 aliphatic rings. The average Bonchev–Trinajstić information content (AvgIpc) is 3.55. The Kier molecular flexibility index (Phi) is 24.2. The van der Waals surface area contributed by atoms with Crippen molar-refractivity contribution < 1.29 is 14.4 Å². The number of aryl methyl sites for hydroxylation is 1. The number of nitrogens with zero attached hydrogens (tertiary/aromatic N) is 2. The Morgan fingerprint density at radius 2 is 1.81 bits per heavy atom. The second-order valence-electron chi connectivity index (χ2n) is 8.01. The molecule has 206 valence electrons. The highest BCUT2D eigenvalue weighted by atomic mass is 35.5. The van der Waals surface area contributed by atoms with E-state index < -0.39 is 0 Å². The van der Waals surface area contributed by atoms with Gasteiger partial charge in [0.05, 0.1) is 21.3 Å². The molecule has 3 rings (SSSR count). The minimum absolute atomic E-state index is 0.0763. The Labute approximate surface area is 230 Å². The maximum Gasteiger partial charge on any atom is 0.243 e. The van der Waals surface area contributed by atoms with Gasteiger partial charge in [-0.1, -0.05) is 70.6 Å². The monoisotopic (exact) mass is 551 g/mol. The summed E-state index contributed by atoms with van der Waals surface area (Å²) in [6.45, 7) is 10.1. The first-order valence-corrected chi connectivity index (χ1v) is 13.6. The molecule has 1 aromatic carbocycles. The summed E-state index contributed by atoms with van der Waals surface area (Å²) in [7, 11) is 0. The van der Waals surface area contributed by atoms with Crippen LogP contribution in [0.3, 0.4) is 0 Å². The Bertz CT molecular complexity index is 932. The van der Waals surface area contributed by atoms with E-state index in [9.17, 15) is 4.79 Å². The summed E-state index contributed by atoms with van der Waals surface area (Å²) in [5, 5.41) is 12.2. The van der Waals surface area contributed by atoms with Gasteiger partial charge in [0.25, 0.3) is 0 Å². The number of unbranched alkanes of at least 4 members (excludes halogenated alkanes) is 1. The highest BCUT2D eigenvalue weighted by Crippen LogP contribution is 2.34. The molecule has 37 heavy (non-hydrogen) atoms. The zero-order valence-corrected chi connectivity index (χ0v) is 23.8. The normalized spacial score (nSPS) is 12.3. The summed E-state index contributed by atoms with van der Waals surface area (Å²) in [4.78, 5) is 33.4. The molecule has 1 heterocycles. The van der Waals surface area contributed by atoms with E-state index >= 15 is 0 Å². The zero-order valence-electron chi connectivity index (χ0n) is 22.2. The van der Waals surface area contributed by atoms with Gasteiger partial charge in [-0.05, 0) is 49.0 Å². The molecule has 8 nitrogen and oxygen atoms in total. The smallest absolute Gasteiger partial charge is 0.243 e. The molecule has 2 aromatic rings. The lowest BCUT2D eigenvalue weighted by molar-refractivity contribution is -0.116. The molecular formula is C27H42ClN5O3S. The number of fused-ring (bicyclic) bond motifs is 1. The fourth-order valence-electron chi connectivity index (χ4n) is 3.60. The van der Waals surface area contributed by atoms with Crippen molar-refractivity contribution in [1.82, 2.24) is 10.3 Å². The van der Waals surface area contributed by atoms with Gasteiger partial charge in [0.2, 0.25) is 18.7 Å². The maximum absolute atomic E-state index is 11.5. The molecule has 1 fully saturated rings. The van der Waals surface area contributed by atoms with Crippen LogP contribution in [0.2, 0.25) is 5.02 Å². The molecule has 1 atom stereocenters. The lowest BCUT2D eigenvalue weighted by Crippen LogP contribution is -2.31. The quantitative estimate of drug-likeness (QED) is 0.291. The molecule has 0 bridgehead atoms. The van der Waals surface area contributed by atoms with Gasteiger partial charge in [-0.15, -0.1) is 11.3 Å². The number of aromatic nitrogens is 1. The van der Waals surface area contributed by atoms with E-state index in [0.717, 1.165) is 45.6 Å². The third-order valence-electron chi connectivity index (χ3n) is 5.41. The highest BCUT2D eigenvalue weighted by Gasteiger charge is 2.25. The van der Waals surface area contributed by atoms with Crippen LogP contribution < -0.4 is 16.8 Å². The van der Waals surface area contributed by atoms with Gasteiger partial charge >= 0.3 is 0 Å². The highest BCUT2D eigenvalue weighted by molar-refractivity contribution is 7.18. The Hall–Kier alpha value is -2.96. The van der Waals surface area contributed by atoms with Crippen LogP contribution in [0.25, 0.3) is 10.2 Å². The molecule has 0 spiro atoms.